The van der Waals surface area contributed by atoms with Gasteiger partial charge in [0.15, 0.2) is 0 Å². The van der Waals surface area contributed by atoms with E-state index in [1.165, 1.54) is 23.2 Å². The quantitative estimate of drug-likeness (QED) is 0.818. The minimum atomic E-state index is 0.707. The summed E-state index contributed by atoms with van der Waals surface area (Å²) < 4.78 is 0. The molecule has 0 bridgehead atoms. The van der Waals surface area contributed by atoms with Crippen LogP contribution < -0.4 is 5.32 Å². The molecule has 0 fully saturated rings. The van der Waals surface area contributed by atoms with E-state index in [4.69, 9.17) is 5.26 Å². The lowest BCUT2D eigenvalue weighted by Crippen LogP contribution is -2.11. The Balaban J connectivity index is 2.04. The van der Waals surface area contributed by atoms with Gasteiger partial charge in [0.1, 0.15) is 0 Å². The molecule has 0 saturated heterocycles. The van der Waals surface area contributed by atoms with Gasteiger partial charge in [-0.15, -0.1) is 0 Å². The Kier molecular flexibility index (Phi) is 2.74. The largest absolute Gasteiger partial charge is 0.385 e. The molecule has 0 saturated carbocycles. The SMILES string of the molecule is N#Cc1cccc(-c2ccc3c(c2)NCCC3)c1. The molecule has 0 radical (unpaired) electrons. The van der Waals surface area contributed by atoms with E-state index in [1.54, 1.807) is 0 Å². The minimum absolute atomic E-state index is 0.707. The van der Waals surface area contributed by atoms with E-state index in [0.717, 1.165) is 18.5 Å². The Bertz CT molecular complexity index is 623. The van der Waals surface area contributed by atoms with Crippen molar-refractivity contribution < 1.29 is 0 Å². The van der Waals surface area contributed by atoms with Crippen LogP contribution in [0.25, 0.3) is 11.1 Å². The molecule has 88 valence electrons. The number of benzene rings is 2. The number of anilines is 1. The van der Waals surface area contributed by atoms with Gasteiger partial charge in [0.25, 0.3) is 0 Å². The topological polar surface area (TPSA) is 35.8 Å². The second-order valence-corrected chi connectivity index (χ2v) is 4.59. The molecule has 0 aliphatic carbocycles. The Hall–Kier alpha value is -2.27. The Morgan fingerprint density at radius 3 is 2.83 bits per heavy atom. The fraction of sp³-hybridized carbons (Fsp3) is 0.188. The van der Waals surface area contributed by atoms with Crippen molar-refractivity contribution in [1.29, 1.82) is 5.26 Å². The van der Waals surface area contributed by atoms with Crippen molar-refractivity contribution in [1.82, 2.24) is 0 Å². The minimum Gasteiger partial charge on any atom is -0.385 e. The molecule has 0 amide bonds. The Morgan fingerprint density at radius 2 is 1.94 bits per heavy atom. The summed E-state index contributed by atoms with van der Waals surface area (Å²) in [4.78, 5) is 0. The number of nitrogens with zero attached hydrogens (tertiary/aromatic N) is 1. The highest BCUT2D eigenvalue weighted by Crippen LogP contribution is 2.28. The first kappa shape index (κ1) is 10.9. The van der Waals surface area contributed by atoms with Gasteiger partial charge in [0.05, 0.1) is 11.6 Å². The number of hydrogen-bond donors (Lipinski definition) is 1. The zero-order chi connectivity index (χ0) is 12.4. The molecule has 2 nitrogen and oxygen atoms in total. The van der Waals surface area contributed by atoms with Gasteiger partial charge in [-0.25, -0.2) is 0 Å². The molecule has 0 spiro atoms. The van der Waals surface area contributed by atoms with Crippen LogP contribution in [-0.2, 0) is 6.42 Å². The first-order chi connectivity index (χ1) is 8.86. The van der Waals surface area contributed by atoms with Crippen LogP contribution >= 0.6 is 0 Å². The van der Waals surface area contributed by atoms with E-state index in [2.05, 4.69) is 29.6 Å². The van der Waals surface area contributed by atoms with E-state index >= 15 is 0 Å². The van der Waals surface area contributed by atoms with Gasteiger partial charge in [-0.3, -0.25) is 0 Å². The van der Waals surface area contributed by atoms with Crippen LogP contribution in [-0.4, -0.2) is 6.54 Å². The molecule has 1 heterocycles. The van der Waals surface area contributed by atoms with E-state index in [1.807, 2.05) is 24.3 Å². The molecule has 18 heavy (non-hydrogen) atoms. The molecule has 2 heteroatoms. The van der Waals surface area contributed by atoms with Gasteiger partial charge in [0.2, 0.25) is 0 Å². The third-order valence-corrected chi connectivity index (χ3v) is 3.37. The maximum Gasteiger partial charge on any atom is 0.0991 e. The number of fused-ring (bicyclic) bond motifs is 1. The van der Waals surface area contributed by atoms with Gasteiger partial charge < -0.3 is 5.32 Å². The van der Waals surface area contributed by atoms with Crippen molar-refractivity contribution >= 4 is 5.69 Å². The molecule has 2 aromatic carbocycles. The van der Waals surface area contributed by atoms with Crippen LogP contribution in [0.4, 0.5) is 5.69 Å². The zero-order valence-corrected chi connectivity index (χ0v) is 10.1. The van der Waals surface area contributed by atoms with Crippen LogP contribution in [0.15, 0.2) is 42.5 Å². The molecule has 0 aromatic heterocycles. The number of hydrogen-bond acceptors (Lipinski definition) is 2. The highest BCUT2D eigenvalue weighted by Gasteiger charge is 2.09. The summed E-state index contributed by atoms with van der Waals surface area (Å²) in [6.07, 6.45) is 2.36. The molecule has 0 atom stereocenters. The average molecular weight is 234 g/mol. The molecule has 0 unspecified atom stereocenters. The van der Waals surface area contributed by atoms with Gasteiger partial charge in [-0.1, -0.05) is 24.3 Å². The van der Waals surface area contributed by atoms with Crippen LogP contribution in [0, 0.1) is 11.3 Å². The van der Waals surface area contributed by atoms with E-state index in [-0.39, 0.29) is 0 Å². The van der Waals surface area contributed by atoms with Gasteiger partial charge in [0, 0.05) is 12.2 Å². The third-order valence-electron chi connectivity index (χ3n) is 3.37. The van der Waals surface area contributed by atoms with Crippen molar-refractivity contribution in [3.8, 4) is 17.2 Å². The van der Waals surface area contributed by atoms with Crippen molar-refractivity contribution in [3.63, 3.8) is 0 Å². The second kappa shape index (κ2) is 4.54. The number of nitrogens with one attached hydrogen (secondary N) is 1. The Labute approximate surface area is 107 Å². The average Bonchev–Trinajstić information content (AvgIpc) is 2.47. The smallest absolute Gasteiger partial charge is 0.0991 e. The van der Waals surface area contributed by atoms with Crippen LogP contribution in [0.2, 0.25) is 0 Å². The number of nitriles is 1. The van der Waals surface area contributed by atoms with E-state index in [9.17, 15) is 0 Å². The summed E-state index contributed by atoms with van der Waals surface area (Å²) in [6.45, 7) is 1.05. The summed E-state index contributed by atoms with van der Waals surface area (Å²) in [7, 11) is 0. The fourth-order valence-corrected chi connectivity index (χ4v) is 2.41. The molecule has 1 aliphatic heterocycles. The molecular formula is C16H14N2. The molecule has 1 N–H and O–H groups in total. The molecular weight excluding hydrogens is 220 g/mol. The third kappa shape index (κ3) is 1.96. The summed E-state index contributed by atoms with van der Waals surface area (Å²) in [6, 6.07) is 16.4. The van der Waals surface area contributed by atoms with Crippen molar-refractivity contribution in [2.75, 3.05) is 11.9 Å². The highest BCUT2D eigenvalue weighted by molar-refractivity contribution is 5.71. The second-order valence-electron chi connectivity index (χ2n) is 4.59. The molecule has 2 aromatic rings. The number of rotatable bonds is 1. The normalized spacial score (nSPS) is 13.3. The standard InChI is InChI=1S/C16H14N2/c17-11-12-3-1-4-14(9-12)15-7-6-13-5-2-8-18-16(13)10-15/h1,3-4,6-7,9-10,18H,2,5,8H2. The van der Waals surface area contributed by atoms with Gasteiger partial charge in [-0.05, 0) is 47.7 Å². The first-order valence-electron chi connectivity index (χ1n) is 6.24. The monoisotopic (exact) mass is 234 g/mol. The summed E-state index contributed by atoms with van der Waals surface area (Å²) in [5.41, 5.74) is 5.60. The van der Waals surface area contributed by atoms with E-state index < -0.39 is 0 Å². The first-order valence-corrected chi connectivity index (χ1v) is 6.24. The summed E-state index contributed by atoms with van der Waals surface area (Å²) in [5, 5.41) is 12.4. The van der Waals surface area contributed by atoms with Crippen molar-refractivity contribution in [3.05, 3.63) is 53.6 Å². The zero-order valence-electron chi connectivity index (χ0n) is 10.1. The van der Waals surface area contributed by atoms with Crippen LogP contribution in [0.3, 0.4) is 0 Å². The summed E-state index contributed by atoms with van der Waals surface area (Å²) in [5.74, 6) is 0. The van der Waals surface area contributed by atoms with Crippen molar-refractivity contribution in [2.45, 2.75) is 12.8 Å². The predicted molar refractivity (Wildman–Crippen MR) is 73.4 cm³/mol. The predicted octanol–water partition coefficient (Wildman–Crippen LogP) is 3.58. The molecule has 3 rings (SSSR count). The lowest BCUT2D eigenvalue weighted by atomic mass is 9.97. The van der Waals surface area contributed by atoms with Crippen molar-refractivity contribution in [2.24, 2.45) is 0 Å². The van der Waals surface area contributed by atoms with Crippen LogP contribution in [0.1, 0.15) is 17.5 Å². The Morgan fingerprint density at radius 1 is 1.06 bits per heavy atom. The number of aryl methyl sites for hydroxylation is 1. The lowest BCUT2D eigenvalue weighted by Gasteiger charge is -2.18. The van der Waals surface area contributed by atoms with E-state index in [0.29, 0.717) is 5.56 Å². The van der Waals surface area contributed by atoms with Gasteiger partial charge >= 0.3 is 0 Å². The maximum absolute atomic E-state index is 8.94. The molecule has 1 aliphatic rings. The van der Waals surface area contributed by atoms with Gasteiger partial charge in [-0.2, -0.15) is 5.26 Å². The lowest BCUT2D eigenvalue weighted by molar-refractivity contribution is 0.830. The maximum atomic E-state index is 8.94. The van der Waals surface area contributed by atoms with Crippen LogP contribution in [0.5, 0.6) is 0 Å². The highest BCUT2D eigenvalue weighted by atomic mass is 14.9. The fourth-order valence-electron chi connectivity index (χ4n) is 2.41. The summed E-state index contributed by atoms with van der Waals surface area (Å²) >= 11 is 0.